The molecule has 1 N–H and O–H groups in total. The van der Waals surface area contributed by atoms with E-state index in [0.29, 0.717) is 37.9 Å². The molecule has 214 valence electrons. The van der Waals surface area contributed by atoms with Crippen LogP contribution in [0.25, 0.3) is 0 Å². The molecule has 0 bridgehead atoms. The van der Waals surface area contributed by atoms with Crippen LogP contribution in [0, 0.1) is 17.8 Å². The predicted octanol–water partition coefficient (Wildman–Crippen LogP) is 2.73. The second-order valence-corrected chi connectivity index (χ2v) is 12.0. The SMILES string of the molecule is COC1CCCC(C(=O)N2CC(=O)[C@@H]3C(CCN3C(=O)[C@H](CC(C)C)NC(=O)c3ccc(N(C)C)cc3)C2)C1. The number of Topliss-reactive ketones (excluding diaryl/α,β-unsaturated/α-hetero) is 1. The minimum Gasteiger partial charge on any atom is -0.381 e. The van der Waals surface area contributed by atoms with Gasteiger partial charge in [-0.25, -0.2) is 0 Å². The monoisotopic (exact) mass is 540 g/mol. The van der Waals surface area contributed by atoms with Crippen LogP contribution in [0.1, 0.15) is 62.7 Å². The zero-order valence-corrected chi connectivity index (χ0v) is 24.0. The van der Waals surface area contributed by atoms with Gasteiger partial charge in [0.2, 0.25) is 11.8 Å². The number of fused-ring (bicyclic) bond motifs is 1. The molecule has 2 heterocycles. The minimum absolute atomic E-state index is 0.0390. The molecule has 3 unspecified atom stereocenters. The van der Waals surface area contributed by atoms with Crippen molar-refractivity contribution in [3.8, 4) is 0 Å². The summed E-state index contributed by atoms with van der Waals surface area (Å²) in [6.45, 7) is 5.02. The van der Waals surface area contributed by atoms with Crippen LogP contribution in [0.4, 0.5) is 5.69 Å². The largest absolute Gasteiger partial charge is 0.381 e. The minimum atomic E-state index is -0.717. The number of amides is 3. The third kappa shape index (κ3) is 6.62. The van der Waals surface area contributed by atoms with E-state index >= 15 is 0 Å². The molecule has 2 saturated heterocycles. The van der Waals surface area contributed by atoms with Crippen LogP contribution in [0.2, 0.25) is 0 Å². The molecule has 1 aliphatic carbocycles. The number of nitrogens with zero attached hydrogens (tertiary/aromatic N) is 3. The number of anilines is 1. The molecule has 3 fully saturated rings. The van der Waals surface area contributed by atoms with Crippen LogP contribution < -0.4 is 10.2 Å². The van der Waals surface area contributed by atoms with Crippen LogP contribution in [-0.4, -0.2) is 92.3 Å². The van der Waals surface area contributed by atoms with Crippen molar-refractivity contribution in [1.82, 2.24) is 15.1 Å². The van der Waals surface area contributed by atoms with Crippen molar-refractivity contribution in [3.05, 3.63) is 29.8 Å². The molecule has 0 spiro atoms. The van der Waals surface area contributed by atoms with E-state index in [9.17, 15) is 19.2 Å². The lowest BCUT2D eigenvalue weighted by Gasteiger charge is -2.40. The average molecular weight is 541 g/mol. The van der Waals surface area contributed by atoms with Crippen molar-refractivity contribution >= 4 is 29.2 Å². The van der Waals surface area contributed by atoms with Crippen molar-refractivity contribution < 1.29 is 23.9 Å². The Morgan fingerprint density at radius 1 is 1.10 bits per heavy atom. The van der Waals surface area contributed by atoms with E-state index in [1.165, 1.54) is 0 Å². The molecule has 9 heteroatoms. The molecule has 3 aliphatic rings. The summed E-state index contributed by atoms with van der Waals surface area (Å²) in [4.78, 5) is 58.9. The van der Waals surface area contributed by atoms with Gasteiger partial charge in [0.05, 0.1) is 18.7 Å². The summed E-state index contributed by atoms with van der Waals surface area (Å²) >= 11 is 0. The Morgan fingerprint density at radius 3 is 2.46 bits per heavy atom. The zero-order chi connectivity index (χ0) is 28.3. The van der Waals surface area contributed by atoms with Gasteiger partial charge in [-0.15, -0.1) is 0 Å². The van der Waals surface area contributed by atoms with Gasteiger partial charge in [-0.3, -0.25) is 19.2 Å². The Kier molecular flexibility index (Phi) is 9.31. The predicted molar refractivity (Wildman–Crippen MR) is 149 cm³/mol. The number of hydrogen-bond acceptors (Lipinski definition) is 6. The third-order valence-electron chi connectivity index (χ3n) is 8.51. The maximum atomic E-state index is 13.8. The number of ketones is 1. The van der Waals surface area contributed by atoms with Crippen LogP contribution in [0.3, 0.4) is 0 Å². The van der Waals surface area contributed by atoms with Gasteiger partial charge in [0.1, 0.15) is 6.04 Å². The molecule has 2 aliphatic heterocycles. The maximum absolute atomic E-state index is 13.8. The van der Waals surface area contributed by atoms with Crippen molar-refractivity contribution in [1.29, 1.82) is 0 Å². The standard InChI is InChI=1S/C30H44N4O5/c1-19(2)15-25(31-28(36)20-9-11-23(12-10-20)32(3)4)30(38)34-14-13-22-17-33(18-26(35)27(22)34)29(37)21-7-6-8-24(16-21)39-5/h9-12,19,21-22,24-25,27H,6-8,13-18H2,1-5H3,(H,31,36)/t21?,22?,24?,25-,27-/m0/s1. The molecular formula is C30H44N4O5. The van der Waals surface area contributed by atoms with Gasteiger partial charge in [-0.05, 0) is 62.3 Å². The van der Waals surface area contributed by atoms with Crippen LogP contribution >= 0.6 is 0 Å². The number of nitrogens with one attached hydrogen (secondary N) is 1. The fourth-order valence-corrected chi connectivity index (χ4v) is 6.42. The first-order chi connectivity index (χ1) is 18.6. The van der Waals surface area contributed by atoms with E-state index in [0.717, 1.165) is 24.9 Å². The number of rotatable bonds is 8. The number of ether oxygens (including phenoxy) is 1. The van der Waals surface area contributed by atoms with Crippen molar-refractivity contribution in [2.24, 2.45) is 17.8 Å². The molecule has 5 atom stereocenters. The summed E-state index contributed by atoms with van der Waals surface area (Å²) < 4.78 is 5.50. The van der Waals surface area contributed by atoms with Crippen molar-refractivity contribution in [2.45, 2.75) is 70.6 Å². The lowest BCUT2D eigenvalue weighted by molar-refractivity contribution is -0.149. The highest BCUT2D eigenvalue weighted by Gasteiger charge is 2.48. The highest BCUT2D eigenvalue weighted by molar-refractivity contribution is 6.00. The Labute approximate surface area is 232 Å². The molecule has 9 nitrogen and oxygen atoms in total. The lowest BCUT2D eigenvalue weighted by Crippen LogP contribution is -2.59. The fraction of sp³-hybridized carbons (Fsp3) is 0.667. The Morgan fingerprint density at radius 2 is 1.82 bits per heavy atom. The summed E-state index contributed by atoms with van der Waals surface area (Å²) in [7, 11) is 5.56. The van der Waals surface area contributed by atoms with E-state index in [2.05, 4.69) is 5.32 Å². The zero-order valence-electron chi connectivity index (χ0n) is 24.0. The summed E-state index contributed by atoms with van der Waals surface area (Å²) in [6, 6.07) is 6.00. The van der Waals surface area contributed by atoms with Crippen LogP contribution in [0.5, 0.6) is 0 Å². The highest BCUT2D eigenvalue weighted by Crippen LogP contribution is 2.34. The third-order valence-corrected chi connectivity index (χ3v) is 8.51. The van der Waals surface area contributed by atoms with Gasteiger partial charge in [0.25, 0.3) is 5.91 Å². The molecule has 4 rings (SSSR count). The smallest absolute Gasteiger partial charge is 0.251 e. The Balaban J connectivity index is 1.42. The topological polar surface area (TPSA) is 99.3 Å². The van der Waals surface area contributed by atoms with E-state index in [-0.39, 0.29) is 53.9 Å². The number of benzene rings is 1. The first kappa shape index (κ1) is 29.1. The molecule has 1 aromatic carbocycles. The van der Waals surface area contributed by atoms with Crippen molar-refractivity contribution in [2.75, 3.05) is 45.7 Å². The number of likely N-dealkylation sites (tertiary alicyclic amines) is 2. The van der Waals surface area contributed by atoms with Gasteiger partial charge < -0.3 is 24.8 Å². The maximum Gasteiger partial charge on any atom is 0.251 e. The van der Waals surface area contributed by atoms with E-state index in [1.807, 2.05) is 45.0 Å². The molecular weight excluding hydrogens is 496 g/mol. The van der Waals surface area contributed by atoms with Gasteiger partial charge >= 0.3 is 0 Å². The summed E-state index contributed by atoms with van der Waals surface area (Å²) in [5.41, 5.74) is 1.47. The summed E-state index contributed by atoms with van der Waals surface area (Å²) in [5, 5.41) is 2.95. The van der Waals surface area contributed by atoms with E-state index in [1.54, 1.807) is 29.0 Å². The van der Waals surface area contributed by atoms with E-state index in [4.69, 9.17) is 4.74 Å². The van der Waals surface area contributed by atoms with Gasteiger partial charge in [0.15, 0.2) is 5.78 Å². The normalized spacial score (nSPS) is 25.8. The molecule has 1 aromatic rings. The Hall–Kier alpha value is -2.94. The summed E-state index contributed by atoms with van der Waals surface area (Å²) in [5.74, 6) is -0.562. The second kappa shape index (κ2) is 12.5. The van der Waals surface area contributed by atoms with Gasteiger partial charge in [-0.1, -0.05) is 20.3 Å². The molecule has 0 aromatic heterocycles. The average Bonchev–Trinajstić information content (AvgIpc) is 3.36. The quantitative estimate of drug-likeness (QED) is 0.545. The first-order valence-electron chi connectivity index (χ1n) is 14.3. The Bertz CT molecular complexity index is 1060. The van der Waals surface area contributed by atoms with Crippen LogP contribution in [-0.2, 0) is 19.1 Å². The van der Waals surface area contributed by atoms with E-state index < -0.39 is 12.1 Å². The van der Waals surface area contributed by atoms with Crippen LogP contribution in [0.15, 0.2) is 24.3 Å². The molecule has 0 radical (unpaired) electrons. The number of carbonyl (C=O) groups is 4. The number of carbonyl (C=O) groups excluding carboxylic acids is 4. The molecule has 3 amide bonds. The number of hydrogen-bond donors (Lipinski definition) is 1. The van der Waals surface area contributed by atoms with Gasteiger partial charge in [-0.2, -0.15) is 0 Å². The van der Waals surface area contributed by atoms with Gasteiger partial charge in [0, 0.05) is 57.4 Å². The summed E-state index contributed by atoms with van der Waals surface area (Å²) in [6.07, 6.45) is 4.70. The molecule has 39 heavy (non-hydrogen) atoms. The highest BCUT2D eigenvalue weighted by atomic mass is 16.5. The number of methoxy groups -OCH3 is 1. The first-order valence-corrected chi connectivity index (χ1v) is 14.3. The second-order valence-electron chi connectivity index (χ2n) is 12.0. The number of piperidine rings is 1. The molecule has 1 saturated carbocycles. The van der Waals surface area contributed by atoms with Crippen molar-refractivity contribution in [3.63, 3.8) is 0 Å². The fourth-order valence-electron chi connectivity index (χ4n) is 6.42. The lowest BCUT2D eigenvalue weighted by atomic mass is 9.84.